The Labute approximate surface area is 203 Å². The average molecular weight is 495 g/mol. The van der Waals surface area contributed by atoms with Crippen molar-refractivity contribution in [1.29, 1.82) is 0 Å². The number of hydrogen-bond acceptors (Lipinski definition) is 5. The largest absolute Gasteiger partial charge is 0.357 e. The van der Waals surface area contributed by atoms with Crippen molar-refractivity contribution in [3.63, 3.8) is 0 Å². The monoisotopic (exact) mass is 494 g/mol. The Morgan fingerprint density at radius 1 is 0.516 bits per heavy atom. The predicted octanol–water partition coefficient (Wildman–Crippen LogP) is 5.51. The van der Waals surface area contributed by atoms with Crippen LogP contribution in [0.2, 0.25) is 12.1 Å². The average Bonchev–Trinajstić information content (AvgIpc) is 2.77. The summed E-state index contributed by atoms with van der Waals surface area (Å²) >= 11 is 2.12. The van der Waals surface area contributed by atoms with E-state index in [1.165, 1.54) is 62.1 Å². The minimum Gasteiger partial charge on any atom is -0.357 e. The van der Waals surface area contributed by atoms with Gasteiger partial charge in [-0.2, -0.15) is 11.8 Å². The SMILES string of the molecule is CCCCOC(OCCCC)[SiH2]CCCSCCC[SiH2]C(OCCCC)OCCCC. The van der Waals surface area contributed by atoms with Crippen LogP contribution in [0, 0.1) is 0 Å². The van der Waals surface area contributed by atoms with Gasteiger partial charge in [-0.3, -0.25) is 0 Å². The molecule has 0 rings (SSSR count). The highest BCUT2D eigenvalue weighted by atomic mass is 32.2. The van der Waals surface area contributed by atoms with Crippen LogP contribution in [0.15, 0.2) is 0 Å². The summed E-state index contributed by atoms with van der Waals surface area (Å²) in [6.45, 7) is 12.3. The Balaban J connectivity index is 3.75. The lowest BCUT2D eigenvalue weighted by atomic mass is 10.4. The molecule has 0 amide bonds. The quantitative estimate of drug-likeness (QED) is 0.0900. The molecule has 4 nitrogen and oxygen atoms in total. The highest BCUT2D eigenvalue weighted by Gasteiger charge is 2.11. The third-order valence-corrected chi connectivity index (χ3v) is 10.0. The lowest BCUT2D eigenvalue weighted by molar-refractivity contribution is -0.0922. The lowest BCUT2D eigenvalue weighted by Gasteiger charge is -2.18. The van der Waals surface area contributed by atoms with E-state index in [1.54, 1.807) is 0 Å². The molecule has 0 aliphatic carbocycles. The molecule has 0 atom stereocenters. The minimum atomic E-state index is -0.290. The molecule has 0 aromatic heterocycles. The Bertz CT molecular complexity index is 291. The minimum absolute atomic E-state index is 0.145. The first kappa shape index (κ1) is 31.6. The van der Waals surface area contributed by atoms with Crippen LogP contribution < -0.4 is 0 Å². The summed E-state index contributed by atoms with van der Waals surface area (Å²) < 4.78 is 24.0. The molecule has 7 heteroatoms. The van der Waals surface area contributed by atoms with Crippen LogP contribution in [0.4, 0.5) is 0 Å². The van der Waals surface area contributed by atoms with Gasteiger partial charge in [0.05, 0.1) is 19.0 Å². The fraction of sp³-hybridized carbons (Fsp3) is 1.00. The van der Waals surface area contributed by atoms with Crippen molar-refractivity contribution < 1.29 is 18.9 Å². The van der Waals surface area contributed by atoms with Crippen molar-refractivity contribution in [2.45, 2.75) is 116 Å². The fourth-order valence-electron chi connectivity index (χ4n) is 3.00. The van der Waals surface area contributed by atoms with Crippen molar-refractivity contribution in [3.05, 3.63) is 0 Å². The first-order valence-corrected chi connectivity index (χ1v) is 18.1. The Morgan fingerprint density at radius 2 is 0.839 bits per heavy atom. The van der Waals surface area contributed by atoms with E-state index < -0.39 is 0 Å². The molecule has 0 bridgehead atoms. The molecule has 0 heterocycles. The van der Waals surface area contributed by atoms with Crippen LogP contribution in [0.25, 0.3) is 0 Å². The molecule has 188 valence electrons. The summed E-state index contributed by atoms with van der Waals surface area (Å²) in [6, 6.07) is 2.67. The number of hydrogen-bond donors (Lipinski definition) is 0. The molecule has 0 radical (unpaired) electrons. The van der Waals surface area contributed by atoms with Crippen molar-refractivity contribution in [2.75, 3.05) is 37.9 Å². The molecule has 31 heavy (non-hydrogen) atoms. The van der Waals surface area contributed by atoms with E-state index in [2.05, 4.69) is 39.5 Å². The highest BCUT2D eigenvalue weighted by Crippen LogP contribution is 2.11. The van der Waals surface area contributed by atoms with E-state index in [9.17, 15) is 0 Å². The summed E-state index contributed by atoms with van der Waals surface area (Å²) in [6.07, 6.45) is 12.0. The van der Waals surface area contributed by atoms with Gasteiger partial charge in [0, 0.05) is 26.4 Å². The number of ether oxygens (including phenoxy) is 4. The third kappa shape index (κ3) is 23.6. The summed E-state index contributed by atoms with van der Waals surface area (Å²) in [5.74, 6) is 2.86. The van der Waals surface area contributed by atoms with Crippen molar-refractivity contribution >= 4 is 30.8 Å². The van der Waals surface area contributed by atoms with Gasteiger partial charge in [0.15, 0.2) is 0 Å². The first-order valence-electron chi connectivity index (χ1n) is 13.3. The zero-order valence-electron chi connectivity index (χ0n) is 21.3. The molecular formula is C24H54O4SSi2. The molecule has 0 N–H and O–H groups in total. The molecule has 0 spiro atoms. The second-order valence-corrected chi connectivity index (χ2v) is 13.5. The maximum atomic E-state index is 5.99. The molecule has 0 saturated heterocycles. The summed E-state index contributed by atoms with van der Waals surface area (Å²) in [5, 5.41) is 0. The molecule has 0 aliphatic rings. The van der Waals surface area contributed by atoms with Gasteiger partial charge >= 0.3 is 0 Å². The summed E-state index contributed by atoms with van der Waals surface area (Å²) in [5.41, 5.74) is 0. The van der Waals surface area contributed by atoms with E-state index in [4.69, 9.17) is 18.9 Å². The van der Waals surface area contributed by atoms with Crippen molar-refractivity contribution in [2.24, 2.45) is 0 Å². The van der Waals surface area contributed by atoms with E-state index in [0.29, 0.717) is 0 Å². The Hall–Kier alpha value is 0.624. The highest BCUT2D eigenvalue weighted by molar-refractivity contribution is 7.99. The van der Waals surface area contributed by atoms with E-state index in [1.807, 2.05) is 0 Å². The number of rotatable bonds is 26. The van der Waals surface area contributed by atoms with Gasteiger partial charge in [0.25, 0.3) is 0 Å². The van der Waals surface area contributed by atoms with Gasteiger partial charge in [-0.05, 0) is 50.0 Å². The van der Waals surface area contributed by atoms with Crippen LogP contribution >= 0.6 is 11.8 Å². The standard InChI is InChI=1S/C24H54O4SSi2/c1-5-9-15-25-23(26-16-10-6-2)30-21-13-19-29-20-14-22-31-24(27-17-11-7-3)28-18-12-8-4/h23-24H,5-22,30-31H2,1-4H3. The summed E-state index contributed by atoms with van der Waals surface area (Å²) in [4.78, 5) is 0. The maximum absolute atomic E-state index is 5.99. The van der Waals surface area contributed by atoms with Crippen LogP contribution in [0.5, 0.6) is 0 Å². The lowest BCUT2D eigenvalue weighted by Crippen LogP contribution is -2.26. The van der Waals surface area contributed by atoms with Gasteiger partial charge in [0.2, 0.25) is 0 Å². The predicted molar refractivity (Wildman–Crippen MR) is 144 cm³/mol. The zero-order chi connectivity index (χ0) is 22.8. The van der Waals surface area contributed by atoms with Gasteiger partial charge in [-0.25, -0.2) is 0 Å². The van der Waals surface area contributed by atoms with Crippen LogP contribution in [0.1, 0.15) is 91.9 Å². The van der Waals surface area contributed by atoms with Crippen LogP contribution in [-0.2, 0) is 18.9 Å². The second kappa shape index (κ2) is 26.9. The number of thioether (sulfide) groups is 1. The molecule has 0 aromatic rings. The van der Waals surface area contributed by atoms with Gasteiger partial charge in [-0.15, -0.1) is 0 Å². The Morgan fingerprint density at radius 3 is 1.13 bits per heavy atom. The van der Waals surface area contributed by atoms with Crippen molar-refractivity contribution in [3.8, 4) is 0 Å². The van der Waals surface area contributed by atoms with E-state index in [-0.39, 0.29) is 30.9 Å². The maximum Gasteiger partial charge on any atom is 0.134 e. The zero-order valence-corrected chi connectivity index (χ0v) is 25.0. The molecule has 0 aromatic carbocycles. The molecule has 0 unspecified atom stereocenters. The van der Waals surface area contributed by atoms with Gasteiger partial charge in [-0.1, -0.05) is 65.5 Å². The topological polar surface area (TPSA) is 36.9 Å². The molecule has 0 aliphatic heterocycles. The molecular weight excluding hydrogens is 440 g/mol. The molecule has 0 fully saturated rings. The third-order valence-electron chi connectivity index (χ3n) is 5.16. The smallest absolute Gasteiger partial charge is 0.134 e. The van der Waals surface area contributed by atoms with Crippen LogP contribution in [0.3, 0.4) is 0 Å². The number of unbranched alkanes of at least 4 members (excludes halogenated alkanes) is 4. The second-order valence-electron chi connectivity index (χ2n) is 8.36. The Kier molecular flexibility index (Phi) is 27.4. The van der Waals surface area contributed by atoms with E-state index >= 15 is 0 Å². The fourth-order valence-corrected chi connectivity index (χ4v) is 7.82. The van der Waals surface area contributed by atoms with Crippen molar-refractivity contribution in [1.82, 2.24) is 0 Å². The van der Waals surface area contributed by atoms with Gasteiger partial charge < -0.3 is 18.9 Å². The normalized spacial score (nSPS) is 12.6. The van der Waals surface area contributed by atoms with Gasteiger partial charge in [0.1, 0.15) is 11.8 Å². The van der Waals surface area contributed by atoms with Crippen LogP contribution in [-0.4, -0.2) is 68.8 Å². The summed E-state index contributed by atoms with van der Waals surface area (Å²) in [7, 11) is -0.581. The van der Waals surface area contributed by atoms with E-state index in [0.717, 1.165) is 52.1 Å². The first-order chi connectivity index (χ1) is 15.3. The molecule has 0 saturated carbocycles.